The summed E-state index contributed by atoms with van der Waals surface area (Å²) < 4.78 is 1.01. The van der Waals surface area contributed by atoms with Crippen molar-refractivity contribution in [1.29, 1.82) is 0 Å². The van der Waals surface area contributed by atoms with E-state index in [1.54, 1.807) is 60.7 Å². The van der Waals surface area contributed by atoms with Gasteiger partial charge in [0.25, 0.3) is 11.5 Å². The molecule has 2 N–H and O–H groups in total. The van der Waals surface area contributed by atoms with E-state index in [1.807, 2.05) is 0 Å². The highest BCUT2D eigenvalue weighted by Gasteiger charge is 2.19. The molecule has 0 unspecified atom stereocenters. The lowest BCUT2D eigenvalue weighted by atomic mass is 10.1. The molecule has 0 atom stereocenters. The molecule has 0 aliphatic heterocycles. The zero-order valence-electron chi connectivity index (χ0n) is 12.5. The summed E-state index contributed by atoms with van der Waals surface area (Å²) in [5.41, 5.74) is 5.14. The number of aromatic nitrogens is 2. The molecule has 3 rings (SSSR count). The molecule has 0 saturated heterocycles. The Morgan fingerprint density at radius 3 is 2.08 bits per heavy atom. The Hall–Kier alpha value is -3.54. The number of nitrogens with two attached hydrogens (primary N) is 1. The maximum Gasteiger partial charge on any atom is 0.284 e. The summed E-state index contributed by atoms with van der Waals surface area (Å²) in [6.07, 6.45) is 0. The highest BCUT2D eigenvalue weighted by atomic mass is 16.2. The Morgan fingerprint density at radius 1 is 0.917 bits per heavy atom. The molecule has 1 heterocycles. The van der Waals surface area contributed by atoms with Crippen LogP contribution in [0, 0.1) is 0 Å². The third-order valence-corrected chi connectivity index (χ3v) is 3.45. The molecule has 0 bridgehead atoms. The number of ketones is 1. The summed E-state index contributed by atoms with van der Waals surface area (Å²) in [6, 6.07) is 18.1. The molecule has 0 aliphatic carbocycles. The molecule has 1 amide bonds. The van der Waals surface area contributed by atoms with Crippen molar-refractivity contribution in [2.75, 3.05) is 0 Å². The smallest absolute Gasteiger partial charge is 0.284 e. The molecule has 118 valence electrons. The first-order valence-electron chi connectivity index (χ1n) is 7.17. The number of hydrogen-bond acceptors (Lipinski definition) is 4. The lowest BCUT2D eigenvalue weighted by Crippen LogP contribution is -2.32. The summed E-state index contributed by atoms with van der Waals surface area (Å²) in [7, 11) is 0. The van der Waals surface area contributed by atoms with Crippen molar-refractivity contribution in [2.45, 2.75) is 0 Å². The van der Waals surface area contributed by atoms with Gasteiger partial charge in [-0.1, -0.05) is 48.5 Å². The molecule has 0 aliphatic rings. The van der Waals surface area contributed by atoms with Gasteiger partial charge in [0, 0.05) is 5.56 Å². The van der Waals surface area contributed by atoms with Gasteiger partial charge in [-0.3, -0.25) is 14.4 Å². The van der Waals surface area contributed by atoms with Crippen molar-refractivity contribution in [3.63, 3.8) is 0 Å². The summed E-state index contributed by atoms with van der Waals surface area (Å²) in [5.74, 6) is -1.31. The highest BCUT2D eigenvalue weighted by Crippen LogP contribution is 2.10. The quantitative estimate of drug-likeness (QED) is 0.738. The number of nitrogens with zero attached hydrogens (tertiary/aromatic N) is 2. The van der Waals surface area contributed by atoms with Gasteiger partial charge in [0.05, 0.1) is 5.69 Å². The Morgan fingerprint density at radius 2 is 1.50 bits per heavy atom. The second kappa shape index (κ2) is 6.29. The lowest BCUT2D eigenvalue weighted by molar-refractivity contribution is 0.0998. The number of benzene rings is 2. The van der Waals surface area contributed by atoms with Gasteiger partial charge in [-0.25, -0.2) is 0 Å². The standard InChI is InChI=1S/C18H13N3O3/c19-17(23)14-11-15(16(22)12-7-3-1-4-8-12)20-21(18(14)24)13-9-5-2-6-10-13/h1-11H,(H2,19,23). The molecule has 3 aromatic rings. The monoisotopic (exact) mass is 319 g/mol. The maximum absolute atomic E-state index is 12.6. The summed E-state index contributed by atoms with van der Waals surface area (Å²) in [5, 5.41) is 4.11. The van der Waals surface area contributed by atoms with Crippen LogP contribution in [0.3, 0.4) is 0 Å². The minimum absolute atomic E-state index is 0.0292. The van der Waals surface area contributed by atoms with Crippen molar-refractivity contribution in [2.24, 2.45) is 5.73 Å². The van der Waals surface area contributed by atoms with Crippen LogP contribution in [-0.2, 0) is 0 Å². The normalized spacial score (nSPS) is 10.3. The topological polar surface area (TPSA) is 95.1 Å². The van der Waals surface area contributed by atoms with Crippen LogP contribution >= 0.6 is 0 Å². The fourth-order valence-electron chi connectivity index (χ4n) is 2.26. The van der Waals surface area contributed by atoms with Gasteiger partial charge in [-0.05, 0) is 18.2 Å². The first kappa shape index (κ1) is 15.4. The molecule has 6 heteroatoms. The molecule has 0 radical (unpaired) electrons. The molecule has 0 fully saturated rings. The van der Waals surface area contributed by atoms with Crippen molar-refractivity contribution in [3.8, 4) is 5.69 Å². The number of carbonyl (C=O) groups excluding carboxylic acids is 2. The van der Waals surface area contributed by atoms with E-state index in [0.717, 1.165) is 10.7 Å². The van der Waals surface area contributed by atoms with E-state index in [2.05, 4.69) is 5.10 Å². The van der Waals surface area contributed by atoms with E-state index in [0.29, 0.717) is 11.3 Å². The fraction of sp³-hybridized carbons (Fsp3) is 0. The van der Waals surface area contributed by atoms with Gasteiger partial charge in [0.2, 0.25) is 5.78 Å². The van der Waals surface area contributed by atoms with E-state index in [-0.39, 0.29) is 11.3 Å². The predicted molar refractivity (Wildman–Crippen MR) is 88.2 cm³/mol. The Kier molecular flexibility index (Phi) is 4.03. The number of para-hydroxylation sites is 1. The van der Waals surface area contributed by atoms with Crippen LogP contribution in [-0.4, -0.2) is 21.5 Å². The van der Waals surface area contributed by atoms with Gasteiger partial charge < -0.3 is 5.73 Å². The van der Waals surface area contributed by atoms with Gasteiger partial charge in [0.15, 0.2) is 0 Å². The Bertz CT molecular complexity index is 964. The van der Waals surface area contributed by atoms with Crippen LogP contribution in [0.5, 0.6) is 0 Å². The van der Waals surface area contributed by atoms with E-state index in [4.69, 9.17) is 5.73 Å². The number of hydrogen-bond donors (Lipinski definition) is 1. The number of amides is 1. The van der Waals surface area contributed by atoms with Crippen LogP contribution in [0.1, 0.15) is 26.4 Å². The van der Waals surface area contributed by atoms with E-state index in [9.17, 15) is 14.4 Å². The molecule has 1 aromatic heterocycles. The zero-order valence-corrected chi connectivity index (χ0v) is 12.5. The summed E-state index contributed by atoms with van der Waals surface area (Å²) in [6.45, 7) is 0. The first-order chi connectivity index (χ1) is 11.6. The Balaban J connectivity index is 2.21. The molecular weight excluding hydrogens is 306 g/mol. The second-order valence-electron chi connectivity index (χ2n) is 5.06. The molecule has 0 saturated carbocycles. The summed E-state index contributed by atoms with van der Waals surface area (Å²) >= 11 is 0. The van der Waals surface area contributed by atoms with Crippen LogP contribution in [0.25, 0.3) is 5.69 Å². The third kappa shape index (κ3) is 2.85. The maximum atomic E-state index is 12.6. The third-order valence-electron chi connectivity index (χ3n) is 3.45. The van der Waals surface area contributed by atoms with Gasteiger partial charge in [-0.15, -0.1) is 0 Å². The highest BCUT2D eigenvalue weighted by molar-refractivity contribution is 6.08. The van der Waals surface area contributed by atoms with Gasteiger partial charge in [-0.2, -0.15) is 9.78 Å². The zero-order chi connectivity index (χ0) is 17.1. The van der Waals surface area contributed by atoms with Gasteiger partial charge in [0.1, 0.15) is 11.3 Å². The van der Waals surface area contributed by atoms with E-state index >= 15 is 0 Å². The van der Waals surface area contributed by atoms with Crippen molar-refractivity contribution in [1.82, 2.24) is 9.78 Å². The molecule has 0 spiro atoms. The molecule has 2 aromatic carbocycles. The van der Waals surface area contributed by atoms with Crippen molar-refractivity contribution >= 4 is 11.7 Å². The van der Waals surface area contributed by atoms with Gasteiger partial charge >= 0.3 is 0 Å². The number of carbonyl (C=O) groups is 2. The Labute approximate surface area is 137 Å². The second-order valence-corrected chi connectivity index (χ2v) is 5.06. The molecule has 6 nitrogen and oxygen atoms in total. The summed E-state index contributed by atoms with van der Waals surface area (Å²) in [4.78, 5) is 36.6. The van der Waals surface area contributed by atoms with E-state index in [1.165, 1.54) is 0 Å². The number of primary amides is 1. The largest absolute Gasteiger partial charge is 0.365 e. The van der Waals surface area contributed by atoms with Crippen LogP contribution in [0.4, 0.5) is 0 Å². The van der Waals surface area contributed by atoms with Crippen molar-refractivity contribution in [3.05, 3.63) is 93.9 Å². The minimum atomic E-state index is -0.908. The van der Waals surface area contributed by atoms with Crippen LogP contribution < -0.4 is 11.3 Å². The average molecular weight is 319 g/mol. The fourth-order valence-corrected chi connectivity index (χ4v) is 2.26. The lowest BCUT2D eigenvalue weighted by Gasteiger charge is -2.09. The SMILES string of the molecule is NC(=O)c1cc(C(=O)c2ccccc2)nn(-c2ccccc2)c1=O. The average Bonchev–Trinajstić information content (AvgIpc) is 2.62. The molecular formula is C18H13N3O3. The van der Waals surface area contributed by atoms with Crippen molar-refractivity contribution < 1.29 is 9.59 Å². The minimum Gasteiger partial charge on any atom is -0.365 e. The number of rotatable bonds is 4. The first-order valence-corrected chi connectivity index (χ1v) is 7.17. The van der Waals surface area contributed by atoms with Crippen LogP contribution in [0.15, 0.2) is 71.5 Å². The predicted octanol–water partition coefficient (Wildman–Crippen LogP) is 1.56. The molecule has 24 heavy (non-hydrogen) atoms. The van der Waals surface area contributed by atoms with E-state index < -0.39 is 17.2 Å². The van der Waals surface area contributed by atoms with Crippen LogP contribution in [0.2, 0.25) is 0 Å².